The molecule has 1 atom stereocenters. The van der Waals surface area contributed by atoms with E-state index >= 15 is 0 Å². The number of hydrogen-bond acceptors (Lipinski definition) is 4. The maximum absolute atomic E-state index is 12.9. The Bertz CT molecular complexity index is 372. The number of allylic oxidation sites excluding steroid dienone is 1. The highest BCUT2D eigenvalue weighted by Gasteiger charge is 2.28. The first-order chi connectivity index (χ1) is 9.24. The Balaban J connectivity index is 5.18. The summed E-state index contributed by atoms with van der Waals surface area (Å²) in [6.07, 6.45) is 2.47. The van der Waals surface area contributed by atoms with Crippen LogP contribution in [0.3, 0.4) is 0 Å². The van der Waals surface area contributed by atoms with Crippen LogP contribution in [0.4, 0.5) is 0 Å². The van der Waals surface area contributed by atoms with E-state index in [2.05, 4.69) is 0 Å². The molecule has 0 bridgehead atoms. The third-order valence-electron chi connectivity index (χ3n) is 2.49. The fraction of sp³-hybridized carbons (Fsp3) is 0.800. The largest absolute Gasteiger partial charge is 0.463 e. The van der Waals surface area contributed by atoms with Crippen molar-refractivity contribution in [3.05, 3.63) is 11.6 Å². The van der Waals surface area contributed by atoms with Crippen LogP contribution in [0.1, 0.15) is 41.5 Å². The molecule has 0 rings (SSSR count). The van der Waals surface area contributed by atoms with Gasteiger partial charge in [-0.05, 0) is 25.7 Å². The average Bonchev–Trinajstić information content (AvgIpc) is 2.26. The van der Waals surface area contributed by atoms with E-state index in [0.717, 1.165) is 0 Å². The molecule has 0 N–H and O–H groups in total. The van der Waals surface area contributed by atoms with Gasteiger partial charge in [0.1, 0.15) is 0 Å². The SMILES string of the molecule is CCOC(=O)C(=CC(C)C)CP(=O)(CC(C)C)OCC. The quantitative estimate of drug-likeness (QED) is 0.365. The Morgan fingerprint density at radius 2 is 1.75 bits per heavy atom. The molecular weight excluding hydrogens is 275 g/mol. The maximum Gasteiger partial charge on any atom is 0.334 e. The second-order valence-electron chi connectivity index (χ2n) is 5.62. The van der Waals surface area contributed by atoms with Crippen molar-refractivity contribution in [3.8, 4) is 0 Å². The van der Waals surface area contributed by atoms with Crippen LogP contribution >= 0.6 is 7.37 Å². The fourth-order valence-electron chi connectivity index (χ4n) is 2.03. The van der Waals surface area contributed by atoms with E-state index in [1.54, 1.807) is 6.92 Å². The molecule has 0 amide bonds. The van der Waals surface area contributed by atoms with E-state index in [-0.39, 0.29) is 24.0 Å². The van der Waals surface area contributed by atoms with E-state index in [9.17, 15) is 9.36 Å². The lowest BCUT2D eigenvalue weighted by molar-refractivity contribution is -0.138. The number of carbonyl (C=O) groups excluding carboxylic acids is 1. The van der Waals surface area contributed by atoms with Crippen LogP contribution < -0.4 is 0 Å². The van der Waals surface area contributed by atoms with Crippen LogP contribution in [0.2, 0.25) is 0 Å². The van der Waals surface area contributed by atoms with Gasteiger partial charge in [-0.1, -0.05) is 33.8 Å². The molecule has 0 saturated heterocycles. The van der Waals surface area contributed by atoms with Crippen molar-refractivity contribution in [1.29, 1.82) is 0 Å². The van der Waals surface area contributed by atoms with Gasteiger partial charge in [-0.3, -0.25) is 4.57 Å². The summed E-state index contributed by atoms with van der Waals surface area (Å²) in [7, 11) is -2.83. The van der Waals surface area contributed by atoms with E-state index < -0.39 is 7.37 Å². The van der Waals surface area contributed by atoms with Gasteiger partial charge in [-0.15, -0.1) is 0 Å². The lowest BCUT2D eigenvalue weighted by atomic mass is 10.1. The maximum atomic E-state index is 12.9. The molecule has 0 aliphatic rings. The van der Waals surface area contributed by atoms with Gasteiger partial charge >= 0.3 is 5.97 Å². The van der Waals surface area contributed by atoms with Crippen molar-refractivity contribution < 1.29 is 18.6 Å². The summed E-state index contributed by atoms with van der Waals surface area (Å²) in [6, 6.07) is 0. The summed E-state index contributed by atoms with van der Waals surface area (Å²) in [5, 5.41) is 0. The molecule has 0 heterocycles. The van der Waals surface area contributed by atoms with Crippen LogP contribution in [0.25, 0.3) is 0 Å². The van der Waals surface area contributed by atoms with Crippen LogP contribution in [-0.2, 0) is 18.6 Å². The normalized spacial score (nSPS) is 15.5. The first-order valence-corrected chi connectivity index (χ1v) is 9.34. The minimum Gasteiger partial charge on any atom is -0.463 e. The van der Waals surface area contributed by atoms with E-state index in [1.807, 2.05) is 40.7 Å². The van der Waals surface area contributed by atoms with Gasteiger partial charge in [0.15, 0.2) is 0 Å². The monoisotopic (exact) mass is 304 g/mol. The first-order valence-electron chi connectivity index (χ1n) is 7.34. The summed E-state index contributed by atoms with van der Waals surface area (Å²) in [5.74, 6) is 0.0725. The van der Waals surface area contributed by atoms with Gasteiger partial charge in [-0.2, -0.15) is 0 Å². The second kappa shape index (κ2) is 9.36. The standard InChI is InChI=1S/C15H29O4P/c1-7-18-15(16)14(9-12(3)4)11-20(17,19-8-2)10-13(5)6/h9,12-13H,7-8,10-11H2,1-6H3. The minimum absolute atomic E-state index is 0.163. The summed E-state index contributed by atoms with van der Waals surface area (Å²) >= 11 is 0. The van der Waals surface area contributed by atoms with Crippen LogP contribution in [-0.4, -0.2) is 31.5 Å². The fourth-order valence-corrected chi connectivity index (χ4v) is 4.69. The predicted octanol–water partition coefficient (Wildman–Crippen LogP) is 4.10. The molecule has 4 nitrogen and oxygen atoms in total. The average molecular weight is 304 g/mol. The predicted molar refractivity (Wildman–Crippen MR) is 83.4 cm³/mol. The molecular formula is C15H29O4P. The Morgan fingerprint density at radius 1 is 1.15 bits per heavy atom. The molecule has 0 aromatic carbocycles. The summed E-state index contributed by atoms with van der Waals surface area (Å²) < 4.78 is 23.4. The molecule has 5 heteroatoms. The molecule has 118 valence electrons. The third-order valence-corrected chi connectivity index (χ3v) is 5.33. The molecule has 0 aliphatic carbocycles. The Morgan fingerprint density at radius 3 is 2.15 bits per heavy atom. The highest BCUT2D eigenvalue weighted by atomic mass is 31.2. The van der Waals surface area contributed by atoms with Gasteiger partial charge in [0.2, 0.25) is 7.37 Å². The van der Waals surface area contributed by atoms with Crippen molar-refractivity contribution in [3.63, 3.8) is 0 Å². The molecule has 0 aromatic rings. The minimum atomic E-state index is -2.83. The van der Waals surface area contributed by atoms with Gasteiger partial charge in [0.05, 0.1) is 19.4 Å². The summed E-state index contributed by atoms with van der Waals surface area (Å²) in [4.78, 5) is 12.0. The zero-order valence-corrected chi connectivity index (χ0v) is 14.5. The van der Waals surface area contributed by atoms with Gasteiger partial charge < -0.3 is 9.26 Å². The zero-order chi connectivity index (χ0) is 15.8. The molecule has 0 radical (unpaired) electrons. The van der Waals surface area contributed by atoms with Crippen molar-refractivity contribution >= 4 is 13.3 Å². The Kier molecular flexibility index (Phi) is 9.08. The number of esters is 1. The summed E-state index contributed by atoms with van der Waals surface area (Å²) in [6.45, 7) is 12.3. The highest BCUT2D eigenvalue weighted by Crippen LogP contribution is 2.50. The van der Waals surface area contributed by atoms with Gasteiger partial charge in [0, 0.05) is 11.7 Å². The third kappa shape index (κ3) is 7.86. The summed E-state index contributed by atoms with van der Waals surface area (Å²) in [5.41, 5.74) is 0.472. The molecule has 0 spiro atoms. The van der Waals surface area contributed by atoms with E-state index in [4.69, 9.17) is 9.26 Å². The van der Waals surface area contributed by atoms with E-state index in [0.29, 0.717) is 24.9 Å². The van der Waals surface area contributed by atoms with Gasteiger partial charge in [-0.25, -0.2) is 4.79 Å². The molecule has 0 saturated carbocycles. The molecule has 1 unspecified atom stereocenters. The lowest BCUT2D eigenvalue weighted by Gasteiger charge is -2.21. The van der Waals surface area contributed by atoms with Crippen molar-refractivity contribution in [2.45, 2.75) is 41.5 Å². The number of rotatable bonds is 9. The van der Waals surface area contributed by atoms with Crippen LogP contribution in [0.15, 0.2) is 11.6 Å². The van der Waals surface area contributed by atoms with Gasteiger partial charge in [0.25, 0.3) is 0 Å². The number of ether oxygens (including phenoxy) is 1. The Hall–Kier alpha value is -0.600. The zero-order valence-electron chi connectivity index (χ0n) is 13.6. The van der Waals surface area contributed by atoms with E-state index in [1.165, 1.54) is 0 Å². The highest BCUT2D eigenvalue weighted by molar-refractivity contribution is 7.59. The second-order valence-corrected chi connectivity index (χ2v) is 8.19. The topological polar surface area (TPSA) is 52.6 Å². The lowest BCUT2D eigenvalue weighted by Crippen LogP contribution is -2.15. The van der Waals surface area contributed by atoms with Crippen molar-refractivity contribution in [1.82, 2.24) is 0 Å². The molecule has 0 fully saturated rings. The smallest absolute Gasteiger partial charge is 0.334 e. The Labute approximate surface area is 123 Å². The number of carbonyl (C=O) groups is 1. The first kappa shape index (κ1) is 19.4. The van der Waals surface area contributed by atoms with Crippen molar-refractivity contribution in [2.24, 2.45) is 11.8 Å². The van der Waals surface area contributed by atoms with Crippen molar-refractivity contribution in [2.75, 3.05) is 25.5 Å². The van der Waals surface area contributed by atoms with Crippen LogP contribution in [0, 0.1) is 11.8 Å². The van der Waals surface area contributed by atoms with Crippen LogP contribution in [0.5, 0.6) is 0 Å². The molecule has 0 aromatic heterocycles. The number of hydrogen-bond donors (Lipinski definition) is 0. The molecule has 0 aliphatic heterocycles. The molecule has 20 heavy (non-hydrogen) atoms.